The van der Waals surface area contributed by atoms with Crippen LogP contribution >= 0.6 is 0 Å². The van der Waals surface area contributed by atoms with Crippen molar-refractivity contribution in [2.24, 2.45) is 46.3 Å². The van der Waals surface area contributed by atoms with E-state index in [1.54, 1.807) is 12.7 Å². The molecule has 0 spiro atoms. The second kappa shape index (κ2) is 9.70. The van der Waals surface area contributed by atoms with Crippen molar-refractivity contribution in [3.05, 3.63) is 11.6 Å². The van der Waals surface area contributed by atoms with Crippen LogP contribution in [-0.2, 0) is 9.47 Å². The number of allylic oxidation sites excluding steroid dienone is 1. The zero-order valence-electron chi connectivity index (χ0n) is 21.7. The molecule has 0 aliphatic heterocycles. The molecule has 9 atom stereocenters. The highest BCUT2D eigenvalue weighted by atomic mass is 16.7. The van der Waals surface area contributed by atoms with Crippen molar-refractivity contribution in [1.29, 1.82) is 0 Å². The van der Waals surface area contributed by atoms with Crippen LogP contribution in [0, 0.1) is 46.3 Å². The van der Waals surface area contributed by atoms with Gasteiger partial charge in [0, 0.05) is 7.11 Å². The summed E-state index contributed by atoms with van der Waals surface area (Å²) in [5.41, 5.74) is 2.30. The van der Waals surface area contributed by atoms with Gasteiger partial charge in [0.25, 0.3) is 0 Å². The average molecular weight is 447 g/mol. The summed E-state index contributed by atoms with van der Waals surface area (Å²) in [4.78, 5) is 0. The molecule has 0 aromatic heterocycles. The number of rotatable bonds is 8. The fourth-order valence-electron chi connectivity index (χ4n) is 8.88. The maximum absolute atomic E-state index is 11.3. The monoisotopic (exact) mass is 446 g/mol. The molecule has 3 nitrogen and oxygen atoms in total. The van der Waals surface area contributed by atoms with Crippen molar-refractivity contribution in [2.75, 3.05) is 13.9 Å². The lowest BCUT2D eigenvalue weighted by Gasteiger charge is -2.59. The Hall–Kier alpha value is -0.380. The third-order valence-electron chi connectivity index (χ3n) is 10.7. The molecule has 0 aromatic rings. The quantitative estimate of drug-likeness (QED) is 0.323. The lowest BCUT2D eigenvalue weighted by molar-refractivity contribution is -0.133. The summed E-state index contributed by atoms with van der Waals surface area (Å²) in [5.74, 6) is 4.17. The van der Waals surface area contributed by atoms with Crippen molar-refractivity contribution in [3.63, 3.8) is 0 Å². The van der Waals surface area contributed by atoms with E-state index in [0.29, 0.717) is 30.0 Å². The molecule has 3 heteroatoms. The number of aliphatic hydroxyl groups is 1. The summed E-state index contributed by atoms with van der Waals surface area (Å²) in [6, 6.07) is 0. The highest BCUT2D eigenvalue weighted by Crippen LogP contribution is 2.67. The zero-order valence-corrected chi connectivity index (χ0v) is 21.7. The molecule has 0 bridgehead atoms. The summed E-state index contributed by atoms with van der Waals surface area (Å²) in [6.45, 7) is 12.7. The van der Waals surface area contributed by atoms with Crippen molar-refractivity contribution in [1.82, 2.24) is 0 Å². The molecule has 0 saturated heterocycles. The standard InChI is InChI=1S/C29H50O3/c1-19(2)8-7-9-20(3)23-10-11-24-22-17-27(30)26-16-21(32-18-31-6)12-14-29(26,5)25(22)13-15-28(23,24)4/h17,19-21,23-27,30H,7-16,18H2,1-6H3/t20-,21+,23-,24+,25+,26-,27+,28-,29-/m1/s1. The Morgan fingerprint density at radius 3 is 2.44 bits per heavy atom. The van der Waals surface area contributed by atoms with Crippen LogP contribution in [0.3, 0.4) is 0 Å². The Kier molecular flexibility index (Phi) is 7.50. The first-order valence-electron chi connectivity index (χ1n) is 13.7. The Bertz CT molecular complexity index is 671. The normalized spacial score (nSPS) is 44.6. The average Bonchev–Trinajstić information content (AvgIpc) is 3.10. The second-order valence-corrected chi connectivity index (χ2v) is 12.9. The van der Waals surface area contributed by atoms with E-state index >= 15 is 0 Å². The van der Waals surface area contributed by atoms with E-state index in [4.69, 9.17) is 9.47 Å². The molecular weight excluding hydrogens is 396 g/mol. The molecular formula is C29H50O3. The number of hydrogen-bond donors (Lipinski definition) is 1. The van der Waals surface area contributed by atoms with E-state index in [0.717, 1.165) is 30.6 Å². The van der Waals surface area contributed by atoms with E-state index in [1.165, 1.54) is 51.4 Å². The van der Waals surface area contributed by atoms with E-state index in [1.807, 2.05) is 0 Å². The van der Waals surface area contributed by atoms with E-state index in [9.17, 15) is 5.11 Å². The molecule has 184 valence electrons. The van der Waals surface area contributed by atoms with Crippen LogP contribution in [0.2, 0.25) is 0 Å². The summed E-state index contributed by atoms with van der Waals surface area (Å²) >= 11 is 0. The SMILES string of the molecule is COCO[C@H]1CC[C@@]2(C)[C@H](C1)[C@@H](O)C=C1[C@@H]2CC[C@]2(C)[C@@H]([C@H](C)CCCC(C)C)CC[C@@H]12. The molecule has 3 fully saturated rings. The number of hydrogen-bond acceptors (Lipinski definition) is 3. The third kappa shape index (κ3) is 4.36. The van der Waals surface area contributed by atoms with Crippen LogP contribution in [0.4, 0.5) is 0 Å². The largest absolute Gasteiger partial charge is 0.389 e. The minimum atomic E-state index is -0.315. The highest BCUT2D eigenvalue weighted by molar-refractivity contribution is 5.29. The number of fused-ring (bicyclic) bond motifs is 5. The van der Waals surface area contributed by atoms with Gasteiger partial charge in [-0.15, -0.1) is 0 Å². The Labute approximate surface area is 197 Å². The van der Waals surface area contributed by atoms with Gasteiger partial charge in [0.05, 0.1) is 12.2 Å². The predicted molar refractivity (Wildman–Crippen MR) is 131 cm³/mol. The first kappa shape index (κ1) is 24.7. The van der Waals surface area contributed by atoms with E-state index < -0.39 is 0 Å². The zero-order chi connectivity index (χ0) is 23.1. The summed E-state index contributed by atoms with van der Waals surface area (Å²) < 4.78 is 11.1. The van der Waals surface area contributed by atoms with Gasteiger partial charge in [-0.25, -0.2) is 0 Å². The van der Waals surface area contributed by atoms with Crippen LogP contribution in [0.15, 0.2) is 11.6 Å². The van der Waals surface area contributed by atoms with Crippen LogP contribution < -0.4 is 0 Å². The summed E-state index contributed by atoms with van der Waals surface area (Å²) in [5, 5.41) is 11.3. The third-order valence-corrected chi connectivity index (χ3v) is 10.7. The van der Waals surface area contributed by atoms with Crippen LogP contribution in [-0.4, -0.2) is 31.2 Å². The van der Waals surface area contributed by atoms with Crippen molar-refractivity contribution in [3.8, 4) is 0 Å². The number of ether oxygens (including phenoxy) is 2. The molecule has 0 amide bonds. The second-order valence-electron chi connectivity index (χ2n) is 12.9. The lowest BCUT2D eigenvalue weighted by Crippen LogP contribution is -2.54. The van der Waals surface area contributed by atoms with Gasteiger partial charge in [-0.05, 0) is 91.3 Å². The topological polar surface area (TPSA) is 38.7 Å². The Morgan fingerprint density at radius 2 is 1.72 bits per heavy atom. The lowest BCUT2D eigenvalue weighted by atomic mass is 9.47. The van der Waals surface area contributed by atoms with Gasteiger partial charge in [-0.1, -0.05) is 65.5 Å². The minimum absolute atomic E-state index is 0.221. The summed E-state index contributed by atoms with van der Waals surface area (Å²) in [6.07, 6.45) is 15.0. The molecule has 4 aliphatic rings. The number of methoxy groups -OCH3 is 1. The van der Waals surface area contributed by atoms with Gasteiger partial charge in [-0.3, -0.25) is 0 Å². The Balaban J connectivity index is 1.50. The van der Waals surface area contributed by atoms with Gasteiger partial charge >= 0.3 is 0 Å². The fraction of sp³-hybridized carbons (Fsp3) is 0.931. The van der Waals surface area contributed by atoms with Crippen molar-refractivity contribution >= 4 is 0 Å². The predicted octanol–water partition coefficient (Wildman–Crippen LogP) is 6.99. The van der Waals surface area contributed by atoms with Crippen LogP contribution in [0.25, 0.3) is 0 Å². The molecule has 1 N–H and O–H groups in total. The summed E-state index contributed by atoms with van der Waals surface area (Å²) in [7, 11) is 1.69. The first-order valence-corrected chi connectivity index (χ1v) is 13.7. The smallest absolute Gasteiger partial charge is 0.146 e. The molecule has 4 aliphatic carbocycles. The van der Waals surface area contributed by atoms with Gasteiger partial charge in [0.2, 0.25) is 0 Å². The van der Waals surface area contributed by atoms with Gasteiger partial charge in [0.1, 0.15) is 6.79 Å². The Morgan fingerprint density at radius 1 is 1.00 bits per heavy atom. The highest BCUT2D eigenvalue weighted by Gasteiger charge is 2.59. The molecule has 0 radical (unpaired) electrons. The van der Waals surface area contributed by atoms with Gasteiger partial charge in [0.15, 0.2) is 0 Å². The first-order chi connectivity index (χ1) is 15.2. The molecule has 4 rings (SSSR count). The molecule has 0 aromatic carbocycles. The van der Waals surface area contributed by atoms with Gasteiger partial charge < -0.3 is 14.6 Å². The van der Waals surface area contributed by atoms with Crippen molar-refractivity contribution in [2.45, 2.75) is 111 Å². The van der Waals surface area contributed by atoms with E-state index in [2.05, 4.69) is 40.7 Å². The fourth-order valence-corrected chi connectivity index (χ4v) is 8.88. The molecule has 0 unspecified atom stereocenters. The van der Waals surface area contributed by atoms with E-state index in [-0.39, 0.29) is 17.6 Å². The maximum atomic E-state index is 11.3. The minimum Gasteiger partial charge on any atom is -0.389 e. The number of aliphatic hydroxyl groups excluding tert-OH is 1. The van der Waals surface area contributed by atoms with Crippen molar-refractivity contribution < 1.29 is 14.6 Å². The molecule has 3 saturated carbocycles. The molecule has 32 heavy (non-hydrogen) atoms. The van der Waals surface area contributed by atoms with Crippen LogP contribution in [0.5, 0.6) is 0 Å². The maximum Gasteiger partial charge on any atom is 0.146 e. The van der Waals surface area contributed by atoms with Crippen LogP contribution in [0.1, 0.15) is 98.8 Å². The molecule has 0 heterocycles. The van der Waals surface area contributed by atoms with Gasteiger partial charge in [-0.2, -0.15) is 0 Å².